The third-order valence-corrected chi connectivity index (χ3v) is 3.61. The highest BCUT2D eigenvalue weighted by Gasteiger charge is 2.26. The quantitative estimate of drug-likeness (QED) is 0.757. The maximum absolute atomic E-state index is 14.1. The fraction of sp³-hybridized carbons (Fsp3) is 0.385. The molecule has 0 saturated carbocycles. The maximum atomic E-state index is 14.1. The van der Waals surface area contributed by atoms with E-state index in [0.717, 1.165) is 0 Å². The van der Waals surface area contributed by atoms with Gasteiger partial charge in [-0.3, -0.25) is 0 Å². The van der Waals surface area contributed by atoms with E-state index in [1.54, 1.807) is 12.1 Å². The van der Waals surface area contributed by atoms with Gasteiger partial charge in [-0.25, -0.2) is 4.39 Å². The van der Waals surface area contributed by atoms with Crippen LogP contribution < -0.4 is 0 Å². The minimum absolute atomic E-state index is 0.232. The second-order valence-corrected chi connectivity index (χ2v) is 6.30. The van der Waals surface area contributed by atoms with Crippen molar-refractivity contribution in [2.24, 2.45) is 0 Å². The van der Waals surface area contributed by atoms with Crippen LogP contribution in [0.25, 0.3) is 11.4 Å². The predicted octanol–water partition coefficient (Wildman–Crippen LogP) is 4.34. The van der Waals surface area contributed by atoms with Gasteiger partial charge < -0.3 is 4.57 Å². The number of rotatable bonds is 2. The highest BCUT2D eigenvalue weighted by atomic mass is 79.9. The molecule has 0 saturated heterocycles. The Morgan fingerprint density at radius 2 is 2.00 bits per heavy atom. The van der Waals surface area contributed by atoms with Crippen LogP contribution >= 0.6 is 27.5 Å². The van der Waals surface area contributed by atoms with E-state index < -0.39 is 0 Å². The summed E-state index contributed by atoms with van der Waals surface area (Å²) in [4.78, 5) is 0. The second-order valence-electron chi connectivity index (χ2n) is 5.18. The molecule has 19 heavy (non-hydrogen) atoms. The molecule has 3 nitrogen and oxygen atoms in total. The van der Waals surface area contributed by atoms with Gasteiger partial charge in [0.15, 0.2) is 5.82 Å². The molecule has 1 heterocycles. The molecule has 1 aromatic carbocycles. The molecule has 6 heteroatoms. The van der Waals surface area contributed by atoms with Crippen LogP contribution in [0, 0.1) is 5.82 Å². The highest BCUT2D eigenvalue weighted by molar-refractivity contribution is 9.10. The van der Waals surface area contributed by atoms with E-state index in [2.05, 4.69) is 26.1 Å². The molecule has 0 radical (unpaired) electrons. The van der Waals surface area contributed by atoms with Crippen molar-refractivity contribution in [3.8, 4) is 11.4 Å². The third kappa shape index (κ3) is 2.67. The molecular weight excluding hydrogens is 333 g/mol. The number of nitrogens with zero attached hydrogens (tertiary/aromatic N) is 3. The molecule has 0 amide bonds. The van der Waals surface area contributed by atoms with Gasteiger partial charge in [-0.15, -0.1) is 21.8 Å². The summed E-state index contributed by atoms with van der Waals surface area (Å²) in [6.07, 6.45) is 0. The van der Waals surface area contributed by atoms with Gasteiger partial charge in [0, 0.05) is 10.0 Å². The Bertz CT molecular complexity index is 584. The summed E-state index contributed by atoms with van der Waals surface area (Å²) in [7, 11) is 0. The topological polar surface area (TPSA) is 30.7 Å². The normalized spacial score (nSPS) is 11.9. The number of alkyl halides is 1. The Balaban J connectivity index is 2.74. The van der Waals surface area contributed by atoms with Gasteiger partial charge in [0.2, 0.25) is 0 Å². The number of hydrogen-bond donors (Lipinski definition) is 0. The van der Waals surface area contributed by atoms with Gasteiger partial charge in [-0.05, 0) is 48.8 Å². The van der Waals surface area contributed by atoms with Crippen LogP contribution in [0.15, 0.2) is 22.7 Å². The van der Waals surface area contributed by atoms with Gasteiger partial charge in [0.25, 0.3) is 0 Å². The lowest BCUT2D eigenvalue weighted by atomic mass is 10.1. The van der Waals surface area contributed by atoms with Crippen LogP contribution in [0.5, 0.6) is 0 Å². The summed E-state index contributed by atoms with van der Waals surface area (Å²) in [5.41, 5.74) is 0.117. The van der Waals surface area contributed by atoms with Crippen molar-refractivity contribution in [2.75, 3.05) is 0 Å². The molecule has 2 rings (SSSR count). The van der Waals surface area contributed by atoms with Crippen LogP contribution in [0.2, 0.25) is 0 Å². The Morgan fingerprint density at radius 1 is 1.32 bits per heavy atom. The Morgan fingerprint density at radius 3 is 2.53 bits per heavy atom. The molecule has 1 aromatic heterocycles. The summed E-state index contributed by atoms with van der Waals surface area (Å²) >= 11 is 9.25. The number of hydrogen-bond acceptors (Lipinski definition) is 2. The summed E-state index contributed by atoms with van der Waals surface area (Å²) in [6.45, 7) is 6.01. The van der Waals surface area contributed by atoms with Crippen molar-refractivity contribution in [3.63, 3.8) is 0 Å². The van der Waals surface area contributed by atoms with Crippen LogP contribution in [0.1, 0.15) is 26.6 Å². The highest BCUT2D eigenvalue weighted by Crippen LogP contribution is 2.33. The summed E-state index contributed by atoms with van der Waals surface area (Å²) in [5, 5.41) is 8.16. The van der Waals surface area contributed by atoms with Gasteiger partial charge in [0.1, 0.15) is 11.6 Å². The predicted molar refractivity (Wildman–Crippen MR) is 77.7 cm³/mol. The summed E-state index contributed by atoms with van der Waals surface area (Å²) in [5.74, 6) is 0.997. The second kappa shape index (κ2) is 5.21. The van der Waals surface area contributed by atoms with E-state index in [1.807, 2.05) is 25.3 Å². The van der Waals surface area contributed by atoms with Crippen LogP contribution in [0.3, 0.4) is 0 Å². The van der Waals surface area contributed by atoms with E-state index in [0.29, 0.717) is 21.7 Å². The van der Waals surface area contributed by atoms with Crippen LogP contribution in [-0.4, -0.2) is 14.8 Å². The molecule has 0 aliphatic rings. The lowest BCUT2D eigenvalue weighted by Gasteiger charge is -2.25. The lowest BCUT2D eigenvalue weighted by Crippen LogP contribution is -2.25. The van der Waals surface area contributed by atoms with E-state index >= 15 is 0 Å². The van der Waals surface area contributed by atoms with Crippen molar-refractivity contribution in [2.45, 2.75) is 32.2 Å². The largest absolute Gasteiger partial charge is 0.304 e. The van der Waals surface area contributed by atoms with Crippen LogP contribution in [-0.2, 0) is 11.4 Å². The zero-order chi connectivity index (χ0) is 14.2. The fourth-order valence-electron chi connectivity index (χ4n) is 1.98. The molecule has 2 aromatic rings. The SMILES string of the molecule is CC(C)(C)n1c(CCl)nnc1-c1c(F)cccc1Br. The smallest absolute Gasteiger partial charge is 0.168 e. The monoisotopic (exact) mass is 345 g/mol. The van der Waals surface area contributed by atoms with E-state index in [4.69, 9.17) is 11.6 Å². The van der Waals surface area contributed by atoms with E-state index in [1.165, 1.54) is 6.07 Å². The van der Waals surface area contributed by atoms with Gasteiger partial charge >= 0.3 is 0 Å². The maximum Gasteiger partial charge on any atom is 0.168 e. The van der Waals surface area contributed by atoms with Crippen molar-refractivity contribution >= 4 is 27.5 Å². The zero-order valence-electron chi connectivity index (χ0n) is 10.9. The standard InChI is InChI=1S/C13H14BrClFN3/c1-13(2,3)19-10(7-15)17-18-12(19)11-8(14)5-4-6-9(11)16/h4-6H,7H2,1-3H3. The van der Waals surface area contributed by atoms with Gasteiger partial charge in [-0.1, -0.05) is 6.07 Å². The Kier molecular flexibility index (Phi) is 3.97. The number of benzene rings is 1. The zero-order valence-corrected chi connectivity index (χ0v) is 13.3. The van der Waals surface area contributed by atoms with Crippen molar-refractivity contribution in [1.82, 2.24) is 14.8 Å². The first kappa shape index (κ1) is 14.5. The summed E-state index contributed by atoms with van der Waals surface area (Å²) < 4.78 is 16.6. The van der Waals surface area contributed by atoms with Gasteiger partial charge in [-0.2, -0.15) is 0 Å². The minimum Gasteiger partial charge on any atom is -0.304 e. The lowest BCUT2D eigenvalue weighted by molar-refractivity contribution is 0.389. The molecule has 0 fully saturated rings. The van der Waals surface area contributed by atoms with E-state index in [-0.39, 0.29) is 17.2 Å². The molecule has 0 bridgehead atoms. The Hall–Kier alpha value is -0.940. The third-order valence-electron chi connectivity index (χ3n) is 2.71. The first-order chi connectivity index (χ1) is 8.86. The molecule has 0 aliphatic carbocycles. The van der Waals surface area contributed by atoms with E-state index in [9.17, 15) is 4.39 Å². The molecule has 102 valence electrons. The average Bonchev–Trinajstić information content (AvgIpc) is 2.72. The van der Waals surface area contributed by atoms with Gasteiger partial charge in [0.05, 0.1) is 11.4 Å². The number of halogens is 3. The molecule has 0 atom stereocenters. The Labute approximate surface area is 124 Å². The van der Waals surface area contributed by atoms with Crippen LogP contribution in [0.4, 0.5) is 4.39 Å². The molecule has 0 spiro atoms. The molecule has 0 aliphatic heterocycles. The summed E-state index contributed by atoms with van der Waals surface area (Å²) in [6, 6.07) is 4.83. The number of aromatic nitrogens is 3. The van der Waals surface area contributed by atoms with Crippen molar-refractivity contribution < 1.29 is 4.39 Å². The molecule has 0 unspecified atom stereocenters. The first-order valence-electron chi connectivity index (χ1n) is 5.81. The average molecular weight is 347 g/mol. The minimum atomic E-state index is -0.339. The van der Waals surface area contributed by atoms with Crippen molar-refractivity contribution in [1.29, 1.82) is 0 Å². The molecule has 0 N–H and O–H groups in total. The first-order valence-corrected chi connectivity index (χ1v) is 7.14. The van der Waals surface area contributed by atoms with Crippen molar-refractivity contribution in [3.05, 3.63) is 34.3 Å². The fourth-order valence-corrected chi connectivity index (χ4v) is 2.67. The molecular formula is C13H14BrClFN3.